The summed E-state index contributed by atoms with van der Waals surface area (Å²) in [5.41, 5.74) is 1.56. The fourth-order valence-corrected chi connectivity index (χ4v) is 2.55. The second kappa shape index (κ2) is 5.26. The fourth-order valence-electron chi connectivity index (χ4n) is 2.55. The van der Waals surface area contributed by atoms with Crippen LogP contribution in [0.5, 0.6) is 0 Å². The Kier molecular flexibility index (Phi) is 3.69. The molecule has 1 fully saturated rings. The summed E-state index contributed by atoms with van der Waals surface area (Å²) in [5.74, 6) is -1.11. The van der Waals surface area contributed by atoms with Gasteiger partial charge in [0.25, 0.3) is 5.69 Å². The van der Waals surface area contributed by atoms with Crippen molar-refractivity contribution in [2.24, 2.45) is 5.92 Å². The third-order valence-corrected chi connectivity index (χ3v) is 3.57. The number of nitro groups is 1. The zero-order chi connectivity index (χ0) is 14.0. The Morgan fingerprint density at radius 3 is 2.58 bits per heavy atom. The van der Waals surface area contributed by atoms with Gasteiger partial charge in [0, 0.05) is 19.2 Å². The molecular formula is C13H16N2O4. The predicted molar refractivity (Wildman–Crippen MR) is 70.4 cm³/mol. The summed E-state index contributed by atoms with van der Waals surface area (Å²) in [4.78, 5) is 23.5. The fraction of sp³-hybridized carbons (Fsp3) is 0.462. The van der Waals surface area contributed by atoms with Gasteiger partial charge in [-0.05, 0) is 25.3 Å². The van der Waals surface area contributed by atoms with E-state index in [1.54, 1.807) is 6.07 Å². The van der Waals surface area contributed by atoms with E-state index in [1.807, 2.05) is 17.9 Å². The zero-order valence-corrected chi connectivity index (χ0v) is 10.7. The molecule has 2 rings (SSSR count). The smallest absolute Gasteiger partial charge is 0.306 e. The minimum absolute atomic E-state index is 0.0915. The number of carboxylic acids is 1. The minimum atomic E-state index is -0.779. The Hall–Kier alpha value is -2.11. The first kappa shape index (κ1) is 13.3. The Morgan fingerprint density at radius 2 is 2.05 bits per heavy atom. The number of aryl methyl sites for hydroxylation is 1. The van der Waals surface area contributed by atoms with Gasteiger partial charge in [0.05, 0.1) is 10.8 Å². The highest BCUT2D eigenvalue weighted by Crippen LogP contribution is 2.34. The number of carbonyl (C=O) groups is 1. The summed E-state index contributed by atoms with van der Waals surface area (Å²) in [5, 5.41) is 20.0. The average Bonchev–Trinajstić information content (AvgIpc) is 2.38. The Bertz CT molecular complexity index is 507. The third-order valence-electron chi connectivity index (χ3n) is 3.57. The molecule has 1 heterocycles. The van der Waals surface area contributed by atoms with Crippen LogP contribution in [0.15, 0.2) is 18.2 Å². The number of nitro benzene ring substituents is 1. The number of piperidine rings is 1. The number of aliphatic carboxylic acids is 1. The molecule has 0 atom stereocenters. The van der Waals surface area contributed by atoms with E-state index in [2.05, 4.69) is 0 Å². The molecule has 1 aromatic rings. The molecule has 1 aliphatic rings. The van der Waals surface area contributed by atoms with Crippen LogP contribution in [-0.4, -0.2) is 29.1 Å². The van der Waals surface area contributed by atoms with Crippen LogP contribution in [0, 0.1) is 23.0 Å². The maximum Gasteiger partial charge on any atom is 0.306 e. The van der Waals surface area contributed by atoms with Gasteiger partial charge < -0.3 is 10.0 Å². The average molecular weight is 264 g/mol. The quantitative estimate of drug-likeness (QED) is 0.668. The van der Waals surface area contributed by atoms with Crippen LogP contribution in [0.3, 0.4) is 0 Å². The first-order valence-electron chi connectivity index (χ1n) is 6.22. The predicted octanol–water partition coefficient (Wildman–Crippen LogP) is 2.20. The lowest BCUT2D eigenvalue weighted by Crippen LogP contribution is -2.37. The SMILES string of the molecule is Cc1cccc([N+](=O)[O-])c1N1CCC(C(=O)O)CC1. The number of nitrogens with zero attached hydrogens (tertiary/aromatic N) is 2. The standard InChI is InChI=1S/C13H16N2O4/c1-9-3-2-4-11(15(18)19)12(9)14-7-5-10(6-8-14)13(16)17/h2-4,10H,5-8H2,1H3,(H,16,17). The van der Waals surface area contributed by atoms with Gasteiger partial charge >= 0.3 is 5.97 Å². The molecule has 102 valence electrons. The first-order chi connectivity index (χ1) is 9.00. The summed E-state index contributed by atoms with van der Waals surface area (Å²) in [6, 6.07) is 5.00. The number of hydrogen-bond donors (Lipinski definition) is 1. The molecule has 1 N–H and O–H groups in total. The van der Waals surface area contributed by atoms with Crippen molar-refractivity contribution in [3.63, 3.8) is 0 Å². The summed E-state index contributed by atoms with van der Waals surface area (Å²) >= 11 is 0. The molecule has 0 unspecified atom stereocenters. The second-order valence-corrected chi connectivity index (χ2v) is 4.80. The van der Waals surface area contributed by atoms with Crippen LogP contribution in [0.4, 0.5) is 11.4 Å². The largest absolute Gasteiger partial charge is 0.481 e. The maximum absolute atomic E-state index is 11.1. The van der Waals surface area contributed by atoms with Gasteiger partial charge in [-0.1, -0.05) is 12.1 Å². The highest BCUT2D eigenvalue weighted by atomic mass is 16.6. The number of carboxylic acid groups (broad SMARTS) is 1. The van der Waals surface area contributed by atoms with Crippen molar-refractivity contribution in [2.45, 2.75) is 19.8 Å². The Morgan fingerprint density at radius 1 is 1.42 bits per heavy atom. The molecular weight excluding hydrogens is 248 g/mol. The van der Waals surface area contributed by atoms with E-state index in [0.29, 0.717) is 31.6 Å². The summed E-state index contributed by atoms with van der Waals surface area (Å²) in [6.45, 7) is 2.93. The van der Waals surface area contributed by atoms with Crippen molar-refractivity contribution in [1.82, 2.24) is 0 Å². The summed E-state index contributed by atoms with van der Waals surface area (Å²) in [6.07, 6.45) is 1.06. The van der Waals surface area contributed by atoms with Gasteiger partial charge in [-0.15, -0.1) is 0 Å². The Balaban J connectivity index is 2.24. The van der Waals surface area contributed by atoms with E-state index in [9.17, 15) is 14.9 Å². The lowest BCUT2D eigenvalue weighted by atomic mass is 9.96. The molecule has 1 aliphatic heterocycles. The Labute approximate surface area is 110 Å². The maximum atomic E-state index is 11.1. The monoisotopic (exact) mass is 264 g/mol. The molecule has 0 aliphatic carbocycles. The van der Waals surface area contributed by atoms with Crippen molar-refractivity contribution in [2.75, 3.05) is 18.0 Å². The van der Waals surface area contributed by atoms with E-state index >= 15 is 0 Å². The van der Waals surface area contributed by atoms with Crippen LogP contribution in [0.2, 0.25) is 0 Å². The van der Waals surface area contributed by atoms with Gasteiger partial charge in [0.2, 0.25) is 0 Å². The van der Waals surface area contributed by atoms with Gasteiger partial charge in [-0.3, -0.25) is 14.9 Å². The first-order valence-corrected chi connectivity index (χ1v) is 6.22. The topological polar surface area (TPSA) is 83.7 Å². The number of hydrogen-bond acceptors (Lipinski definition) is 4. The molecule has 6 heteroatoms. The molecule has 0 spiro atoms. The van der Waals surface area contributed by atoms with Gasteiger partial charge in [-0.25, -0.2) is 0 Å². The molecule has 19 heavy (non-hydrogen) atoms. The molecule has 0 bridgehead atoms. The van der Waals surface area contributed by atoms with E-state index in [0.717, 1.165) is 5.56 Å². The molecule has 0 amide bonds. The van der Waals surface area contributed by atoms with Crippen LogP contribution < -0.4 is 4.90 Å². The van der Waals surface area contributed by atoms with Gasteiger partial charge in [0.15, 0.2) is 0 Å². The van der Waals surface area contributed by atoms with E-state index in [-0.39, 0.29) is 16.5 Å². The molecule has 6 nitrogen and oxygen atoms in total. The molecule has 1 aromatic carbocycles. The van der Waals surface area contributed by atoms with Crippen molar-refractivity contribution in [1.29, 1.82) is 0 Å². The summed E-state index contributed by atoms with van der Waals surface area (Å²) < 4.78 is 0. The molecule has 0 saturated carbocycles. The summed E-state index contributed by atoms with van der Waals surface area (Å²) in [7, 11) is 0. The number of para-hydroxylation sites is 1. The minimum Gasteiger partial charge on any atom is -0.481 e. The zero-order valence-electron chi connectivity index (χ0n) is 10.7. The highest BCUT2D eigenvalue weighted by molar-refractivity contribution is 5.72. The van der Waals surface area contributed by atoms with E-state index < -0.39 is 5.97 Å². The van der Waals surface area contributed by atoms with E-state index in [4.69, 9.17) is 5.11 Å². The van der Waals surface area contributed by atoms with Crippen LogP contribution in [0.25, 0.3) is 0 Å². The normalized spacial score (nSPS) is 16.4. The lowest BCUT2D eigenvalue weighted by molar-refractivity contribution is -0.384. The number of benzene rings is 1. The number of anilines is 1. The van der Waals surface area contributed by atoms with Gasteiger partial charge in [0.1, 0.15) is 5.69 Å². The van der Waals surface area contributed by atoms with Crippen LogP contribution in [-0.2, 0) is 4.79 Å². The lowest BCUT2D eigenvalue weighted by Gasteiger charge is -2.32. The molecule has 1 saturated heterocycles. The molecule has 0 radical (unpaired) electrons. The van der Waals surface area contributed by atoms with Crippen molar-refractivity contribution < 1.29 is 14.8 Å². The highest BCUT2D eigenvalue weighted by Gasteiger charge is 2.28. The van der Waals surface area contributed by atoms with E-state index in [1.165, 1.54) is 6.07 Å². The van der Waals surface area contributed by atoms with Gasteiger partial charge in [-0.2, -0.15) is 0 Å². The van der Waals surface area contributed by atoms with Crippen LogP contribution >= 0.6 is 0 Å². The second-order valence-electron chi connectivity index (χ2n) is 4.80. The van der Waals surface area contributed by atoms with Crippen LogP contribution in [0.1, 0.15) is 18.4 Å². The third kappa shape index (κ3) is 2.67. The van der Waals surface area contributed by atoms with Crippen molar-refractivity contribution >= 4 is 17.3 Å². The number of rotatable bonds is 3. The van der Waals surface area contributed by atoms with Crippen molar-refractivity contribution in [3.8, 4) is 0 Å². The molecule has 0 aromatic heterocycles. The van der Waals surface area contributed by atoms with Crippen molar-refractivity contribution in [3.05, 3.63) is 33.9 Å².